The Morgan fingerprint density at radius 1 is 1.19 bits per heavy atom. The molecule has 3 heterocycles. The van der Waals surface area contributed by atoms with Crippen molar-refractivity contribution in [2.24, 2.45) is 5.92 Å². The predicted molar refractivity (Wildman–Crippen MR) is 84.9 cm³/mol. The number of piperidine rings is 1. The second-order valence-electron chi connectivity index (χ2n) is 7.01. The highest BCUT2D eigenvalue weighted by Gasteiger charge is 2.29. The van der Waals surface area contributed by atoms with E-state index in [-0.39, 0.29) is 0 Å². The summed E-state index contributed by atoms with van der Waals surface area (Å²) in [5, 5.41) is 3.49. The minimum absolute atomic E-state index is 0.507. The van der Waals surface area contributed by atoms with Crippen LogP contribution in [0, 0.1) is 12.8 Å². The van der Waals surface area contributed by atoms with Gasteiger partial charge in [0.2, 0.25) is 0 Å². The summed E-state index contributed by atoms with van der Waals surface area (Å²) in [4.78, 5) is 12.4. The molecule has 0 spiro atoms. The third-order valence-corrected chi connectivity index (χ3v) is 5.20. The molecule has 1 saturated heterocycles. The van der Waals surface area contributed by atoms with E-state index in [0.29, 0.717) is 5.92 Å². The van der Waals surface area contributed by atoms with Crippen molar-refractivity contribution in [3.8, 4) is 0 Å². The van der Waals surface area contributed by atoms with Crippen molar-refractivity contribution >= 4 is 5.82 Å². The van der Waals surface area contributed by atoms with Crippen LogP contribution in [-0.2, 0) is 6.42 Å². The number of hydrogen-bond acceptors (Lipinski definition) is 4. The number of aromatic nitrogens is 2. The Hall–Kier alpha value is -1.16. The molecule has 2 fully saturated rings. The van der Waals surface area contributed by atoms with Crippen molar-refractivity contribution in [1.29, 1.82) is 0 Å². The highest BCUT2D eigenvalue weighted by atomic mass is 15.2. The standard InChI is InChI=1S/C17H26N4/c1-12-15-5-3-9-21(11-13-6-7-13)17(15)20-16(19-12)14-4-2-8-18-10-14/h13-14,18H,2-11H2,1H3/t14-/m1/s1. The van der Waals surface area contributed by atoms with Crippen molar-refractivity contribution < 1.29 is 0 Å². The lowest BCUT2D eigenvalue weighted by molar-refractivity contribution is 0.444. The third kappa shape index (κ3) is 2.78. The van der Waals surface area contributed by atoms with Crippen molar-refractivity contribution in [3.63, 3.8) is 0 Å². The van der Waals surface area contributed by atoms with E-state index in [1.54, 1.807) is 0 Å². The van der Waals surface area contributed by atoms with E-state index in [9.17, 15) is 0 Å². The molecule has 1 aliphatic carbocycles. The van der Waals surface area contributed by atoms with Gasteiger partial charge in [-0.1, -0.05) is 0 Å². The Balaban J connectivity index is 1.65. The summed E-state index contributed by atoms with van der Waals surface area (Å²) in [6.07, 6.45) is 7.72. The summed E-state index contributed by atoms with van der Waals surface area (Å²) < 4.78 is 0. The Morgan fingerprint density at radius 3 is 2.86 bits per heavy atom. The Bertz CT molecular complexity index is 518. The molecule has 1 aromatic rings. The minimum Gasteiger partial charge on any atom is -0.356 e. The van der Waals surface area contributed by atoms with Crippen LogP contribution in [-0.4, -0.2) is 36.1 Å². The number of anilines is 1. The number of fused-ring (bicyclic) bond motifs is 1. The van der Waals surface area contributed by atoms with Crippen molar-refractivity contribution in [3.05, 3.63) is 17.1 Å². The highest BCUT2D eigenvalue weighted by molar-refractivity contribution is 5.51. The first kappa shape index (κ1) is 13.5. The highest BCUT2D eigenvalue weighted by Crippen LogP contribution is 2.35. The fourth-order valence-corrected chi connectivity index (χ4v) is 3.75. The number of nitrogens with zero attached hydrogens (tertiary/aromatic N) is 3. The van der Waals surface area contributed by atoms with Crippen LogP contribution in [0.3, 0.4) is 0 Å². The Labute approximate surface area is 127 Å². The monoisotopic (exact) mass is 286 g/mol. The Morgan fingerprint density at radius 2 is 2.10 bits per heavy atom. The lowest BCUT2D eigenvalue weighted by atomic mass is 9.97. The maximum absolute atomic E-state index is 5.03. The SMILES string of the molecule is Cc1nc([C@@H]2CCCNC2)nc2c1CCCN2CC1CC1. The van der Waals surface area contributed by atoms with Gasteiger partial charge in [0.15, 0.2) is 0 Å². The van der Waals surface area contributed by atoms with E-state index in [0.717, 1.165) is 31.3 Å². The van der Waals surface area contributed by atoms with E-state index >= 15 is 0 Å². The quantitative estimate of drug-likeness (QED) is 0.926. The molecule has 0 unspecified atom stereocenters. The van der Waals surface area contributed by atoms with Crippen molar-refractivity contribution in [2.45, 2.75) is 51.4 Å². The third-order valence-electron chi connectivity index (χ3n) is 5.20. The summed E-state index contributed by atoms with van der Waals surface area (Å²) in [6, 6.07) is 0. The van der Waals surface area contributed by atoms with Crippen molar-refractivity contribution in [1.82, 2.24) is 15.3 Å². The number of aryl methyl sites for hydroxylation is 1. The van der Waals surface area contributed by atoms with Crippen LogP contribution in [0.4, 0.5) is 5.82 Å². The van der Waals surface area contributed by atoms with Gasteiger partial charge >= 0.3 is 0 Å². The summed E-state index contributed by atoms with van der Waals surface area (Å²) in [7, 11) is 0. The fourth-order valence-electron chi connectivity index (χ4n) is 3.75. The zero-order valence-corrected chi connectivity index (χ0v) is 13.1. The number of nitrogens with one attached hydrogen (secondary N) is 1. The Kier molecular flexibility index (Phi) is 3.57. The molecule has 0 aromatic carbocycles. The van der Waals surface area contributed by atoms with Gasteiger partial charge in [-0.15, -0.1) is 0 Å². The molecule has 1 N–H and O–H groups in total. The van der Waals surface area contributed by atoms with Crippen LogP contribution in [0.5, 0.6) is 0 Å². The molecule has 1 saturated carbocycles. The molecule has 3 aliphatic rings. The van der Waals surface area contributed by atoms with E-state index < -0.39 is 0 Å². The van der Waals surface area contributed by atoms with Gasteiger partial charge in [-0.2, -0.15) is 0 Å². The molecule has 0 amide bonds. The van der Waals surface area contributed by atoms with Crippen molar-refractivity contribution in [2.75, 3.05) is 31.1 Å². The van der Waals surface area contributed by atoms with Gasteiger partial charge in [-0.25, -0.2) is 9.97 Å². The summed E-state index contributed by atoms with van der Waals surface area (Å²) in [5.74, 6) is 3.78. The second-order valence-corrected chi connectivity index (χ2v) is 7.01. The molecule has 21 heavy (non-hydrogen) atoms. The van der Waals surface area contributed by atoms with Gasteiger partial charge in [0.25, 0.3) is 0 Å². The van der Waals surface area contributed by atoms with Crippen LogP contribution in [0.2, 0.25) is 0 Å². The van der Waals surface area contributed by atoms with Crippen LogP contribution in [0.1, 0.15) is 55.1 Å². The molecule has 4 rings (SSSR count). The van der Waals surface area contributed by atoms with Gasteiger partial charge in [0.1, 0.15) is 11.6 Å². The second kappa shape index (κ2) is 5.56. The van der Waals surface area contributed by atoms with E-state index in [4.69, 9.17) is 9.97 Å². The van der Waals surface area contributed by atoms with Crippen LogP contribution in [0.15, 0.2) is 0 Å². The first-order valence-corrected chi connectivity index (χ1v) is 8.64. The first-order valence-electron chi connectivity index (χ1n) is 8.64. The molecule has 4 nitrogen and oxygen atoms in total. The maximum Gasteiger partial charge on any atom is 0.135 e. The summed E-state index contributed by atoms with van der Waals surface area (Å²) in [5.41, 5.74) is 2.63. The lowest BCUT2D eigenvalue weighted by Crippen LogP contribution is -2.34. The lowest BCUT2D eigenvalue weighted by Gasteiger charge is -2.32. The van der Waals surface area contributed by atoms with E-state index in [1.807, 2.05) is 0 Å². The number of hydrogen-bond donors (Lipinski definition) is 1. The maximum atomic E-state index is 5.03. The average molecular weight is 286 g/mol. The largest absolute Gasteiger partial charge is 0.356 e. The topological polar surface area (TPSA) is 41.1 Å². The molecular formula is C17H26N4. The molecule has 4 heteroatoms. The molecule has 2 aliphatic heterocycles. The predicted octanol–water partition coefficient (Wildman–Crippen LogP) is 2.41. The smallest absolute Gasteiger partial charge is 0.135 e. The van der Waals surface area contributed by atoms with Crippen LogP contribution < -0.4 is 10.2 Å². The molecule has 0 bridgehead atoms. The van der Waals surface area contributed by atoms with Gasteiger partial charge in [-0.05, 0) is 57.9 Å². The molecule has 114 valence electrons. The van der Waals surface area contributed by atoms with Crippen LogP contribution >= 0.6 is 0 Å². The summed E-state index contributed by atoms with van der Waals surface area (Å²) in [6.45, 7) is 6.77. The van der Waals surface area contributed by atoms with Gasteiger partial charge in [-0.3, -0.25) is 0 Å². The summed E-state index contributed by atoms with van der Waals surface area (Å²) >= 11 is 0. The average Bonchev–Trinajstić information content (AvgIpc) is 3.33. The first-order chi connectivity index (χ1) is 10.3. The minimum atomic E-state index is 0.507. The van der Waals surface area contributed by atoms with Crippen LogP contribution in [0.25, 0.3) is 0 Å². The van der Waals surface area contributed by atoms with Gasteiger partial charge in [0.05, 0.1) is 0 Å². The molecule has 1 aromatic heterocycles. The van der Waals surface area contributed by atoms with E-state index in [1.165, 1.54) is 62.3 Å². The number of rotatable bonds is 3. The van der Waals surface area contributed by atoms with E-state index in [2.05, 4.69) is 17.1 Å². The van der Waals surface area contributed by atoms with Gasteiger partial charge < -0.3 is 10.2 Å². The molecule has 0 radical (unpaired) electrons. The normalized spacial score (nSPS) is 25.8. The van der Waals surface area contributed by atoms with Gasteiger partial charge in [0, 0.05) is 36.8 Å². The zero-order chi connectivity index (χ0) is 14.2. The zero-order valence-electron chi connectivity index (χ0n) is 13.1. The molecule has 1 atom stereocenters. The molecular weight excluding hydrogens is 260 g/mol. The fraction of sp³-hybridized carbons (Fsp3) is 0.765.